The summed E-state index contributed by atoms with van der Waals surface area (Å²) in [4.78, 5) is 30.9. The predicted molar refractivity (Wildman–Crippen MR) is 128 cm³/mol. The number of thioether (sulfide) groups is 1. The van der Waals surface area contributed by atoms with Gasteiger partial charge in [0.2, 0.25) is 5.91 Å². The summed E-state index contributed by atoms with van der Waals surface area (Å²) in [6, 6.07) is 12.9. The molecule has 1 amide bonds. The Hall–Kier alpha value is -3.79. The summed E-state index contributed by atoms with van der Waals surface area (Å²) in [6.45, 7) is 2.98. The van der Waals surface area contributed by atoms with Crippen molar-refractivity contribution in [3.63, 3.8) is 0 Å². The lowest BCUT2D eigenvalue weighted by Crippen LogP contribution is -2.27. The number of fused-ring (bicyclic) bond motifs is 3. The predicted octanol–water partition coefficient (Wildman–Crippen LogP) is 3.34. The highest BCUT2D eigenvalue weighted by Crippen LogP contribution is 2.35. The van der Waals surface area contributed by atoms with Crippen LogP contribution < -0.4 is 20.3 Å². The Balaban J connectivity index is 1.26. The normalized spacial score (nSPS) is 16.4. The molecule has 0 bridgehead atoms. The summed E-state index contributed by atoms with van der Waals surface area (Å²) < 4.78 is 14.4. The fourth-order valence-corrected chi connectivity index (χ4v) is 5.44. The molecule has 1 unspecified atom stereocenters. The molecule has 2 aromatic carbocycles. The van der Waals surface area contributed by atoms with Gasteiger partial charge in [0.05, 0.1) is 17.9 Å². The molecule has 6 rings (SSSR count). The van der Waals surface area contributed by atoms with Crippen LogP contribution in [-0.4, -0.2) is 44.2 Å². The van der Waals surface area contributed by atoms with Crippen LogP contribution in [-0.2, 0) is 4.79 Å². The number of nitrogens with one attached hydrogen (secondary N) is 1. The van der Waals surface area contributed by atoms with Gasteiger partial charge < -0.3 is 14.8 Å². The summed E-state index contributed by atoms with van der Waals surface area (Å²) in [7, 11) is 0. The van der Waals surface area contributed by atoms with Gasteiger partial charge in [0.15, 0.2) is 22.3 Å². The molecule has 2 aliphatic heterocycles. The Kier molecular flexibility index (Phi) is 5.02. The Morgan fingerprint density at radius 3 is 2.85 bits per heavy atom. The third kappa shape index (κ3) is 3.50. The molecule has 10 heteroatoms. The van der Waals surface area contributed by atoms with Crippen LogP contribution in [0.1, 0.15) is 18.0 Å². The Morgan fingerprint density at radius 2 is 2.00 bits per heavy atom. The summed E-state index contributed by atoms with van der Waals surface area (Å²) in [6.07, 6.45) is 1.72. The number of anilines is 1. The lowest BCUT2D eigenvalue weighted by Gasteiger charge is -2.19. The molecule has 0 spiro atoms. The first-order valence-corrected chi connectivity index (χ1v) is 12.0. The molecule has 0 aliphatic carbocycles. The van der Waals surface area contributed by atoms with E-state index in [2.05, 4.69) is 10.4 Å². The van der Waals surface area contributed by atoms with E-state index < -0.39 is 0 Å². The van der Waals surface area contributed by atoms with Crippen LogP contribution in [0.3, 0.4) is 0 Å². The summed E-state index contributed by atoms with van der Waals surface area (Å²) >= 11 is 1.48. The molecule has 1 atom stereocenters. The lowest BCUT2D eigenvalue weighted by molar-refractivity contribution is -0.116. The van der Waals surface area contributed by atoms with Crippen molar-refractivity contribution in [2.24, 2.45) is 0 Å². The number of ether oxygens (including phenoxy) is 2. The minimum Gasteiger partial charge on any atom is -0.486 e. The highest BCUT2D eigenvalue weighted by molar-refractivity contribution is 7.99. The number of amides is 1. The molecule has 172 valence electrons. The molecule has 0 saturated carbocycles. The van der Waals surface area contributed by atoms with Crippen molar-refractivity contribution in [3.05, 3.63) is 64.6 Å². The van der Waals surface area contributed by atoms with Crippen LogP contribution in [0.15, 0.2) is 58.6 Å². The molecule has 1 N–H and O–H groups in total. The number of para-hydroxylation sites is 1. The number of hydrogen-bond acceptors (Lipinski definition) is 7. The molecular weight excluding hydrogens is 454 g/mol. The minimum atomic E-state index is -0.288. The molecule has 0 fully saturated rings. The zero-order chi connectivity index (χ0) is 23.2. The number of aromatic nitrogens is 4. The van der Waals surface area contributed by atoms with E-state index in [1.807, 2.05) is 31.2 Å². The van der Waals surface area contributed by atoms with Crippen molar-refractivity contribution >= 4 is 34.4 Å². The average molecular weight is 476 g/mol. The van der Waals surface area contributed by atoms with E-state index >= 15 is 0 Å². The van der Waals surface area contributed by atoms with Gasteiger partial charge >= 0.3 is 0 Å². The number of benzene rings is 2. The maximum atomic E-state index is 13.4. The molecule has 0 saturated heterocycles. The van der Waals surface area contributed by atoms with Gasteiger partial charge in [0.1, 0.15) is 18.6 Å². The Bertz CT molecular complexity index is 1490. The van der Waals surface area contributed by atoms with E-state index in [-0.39, 0.29) is 23.9 Å². The van der Waals surface area contributed by atoms with Crippen molar-refractivity contribution in [1.82, 2.24) is 19.3 Å². The van der Waals surface area contributed by atoms with Crippen LogP contribution in [0.4, 0.5) is 5.69 Å². The van der Waals surface area contributed by atoms with Crippen LogP contribution in [0.5, 0.6) is 11.5 Å². The van der Waals surface area contributed by atoms with Crippen molar-refractivity contribution in [2.75, 3.05) is 24.3 Å². The maximum Gasteiger partial charge on any atom is 0.265 e. The quantitative estimate of drug-likeness (QED) is 0.452. The van der Waals surface area contributed by atoms with E-state index in [0.29, 0.717) is 52.3 Å². The fourth-order valence-electron chi connectivity index (χ4n) is 4.31. The second-order valence-corrected chi connectivity index (χ2v) is 9.21. The first-order chi connectivity index (χ1) is 16.6. The molecule has 0 radical (unpaired) electrons. The number of nitrogens with zero attached hydrogens (tertiary/aromatic N) is 4. The second kappa shape index (κ2) is 8.21. The molecular formula is C24H21N5O4S. The first kappa shape index (κ1) is 20.8. The minimum absolute atomic E-state index is 0.160. The van der Waals surface area contributed by atoms with Crippen molar-refractivity contribution in [2.45, 2.75) is 24.5 Å². The summed E-state index contributed by atoms with van der Waals surface area (Å²) in [5, 5.41) is 8.38. The third-order valence-electron chi connectivity index (χ3n) is 5.96. The average Bonchev–Trinajstić information content (AvgIpc) is 3.44. The highest BCUT2D eigenvalue weighted by Gasteiger charge is 2.30. The van der Waals surface area contributed by atoms with Gasteiger partial charge in [0.25, 0.3) is 5.56 Å². The van der Waals surface area contributed by atoms with Crippen LogP contribution in [0.2, 0.25) is 0 Å². The largest absolute Gasteiger partial charge is 0.486 e. The number of aryl methyl sites for hydroxylation is 1. The number of rotatable bonds is 4. The zero-order valence-electron chi connectivity index (χ0n) is 18.4. The van der Waals surface area contributed by atoms with Gasteiger partial charge in [-0.3, -0.25) is 14.2 Å². The molecule has 4 aromatic rings. The van der Waals surface area contributed by atoms with E-state index in [9.17, 15) is 9.59 Å². The topological polar surface area (TPSA) is 100 Å². The monoisotopic (exact) mass is 475 g/mol. The first-order valence-electron chi connectivity index (χ1n) is 11.0. The van der Waals surface area contributed by atoms with Gasteiger partial charge in [-0.15, -0.1) is 0 Å². The van der Waals surface area contributed by atoms with E-state index in [1.54, 1.807) is 33.6 Å². The lowest BCUT2D eigenvalue weighted by atomic mass is 10.2. The Morgan fingerprint density at radius 1 is 1.18 bits per heavy atom. The third-order valence-corrected chi connectivity index (χ3v) is 7.06. The highest BCUT2D eigenvalue weighted by atomic mass is 32.2. The molecule has 2 aromatic heterocycles. The van der Waals surface area contributed by atoms with E-state index in [1.165, 1.54) is 11.8 Å². The molecule has 9 nitrogen and oxygen atoms in total. The van der Waals surface area contributed by atoms with Crippen LogP contribution in [0, 0.1) is 6.92 Å². The summed E-state index contributed by atoms with van der Waals surface area (Å²) in [5.74, 6) is 1.69. The van der Waals surface area contributed by atoms with E-state index in [4.69, 9.17) is 14.5 Å². The molecule has 4 heterocycles. The zero-order valence-corrected chi connectivity index (χ0v) is 19.2. The number of hydrogen-bond donors (Lipinski definition) is 1. The van der Waals surface area contributed by atoms with Gasteiger partial charge in [-0.1, -0.05) is 30.0 Å². The second-order valence-electron chi connectivity index (χ2n) is 8.23. The number of carbonyl (C=O) groups excluding carboxylic acids is 1. The van der Waals surface area contributed by atoms with Crippen LogP contribution in [0.25, 0.3) is 16.7 Å². The number of carbonyl (C=O) groups is 1. The van der Waals surface area contributed by atoms with Gasteiger partial charge in [0, 0.05) is 23.9 Å². The maximum absolute atomic E-state index is 13.4. The molecule has 34 heavy (non-hydrogen) atoms. The van der Waals surface area contributed by atoms with Gasteiger partial charge in [-0.25, -0.2) is 9.67 Å². The fraction of sp³-hybridized carbons (Fsp3) is 0.250. The van der Waals surface area contributed by atoms with Crippen LogP contribution >= 0.6 is 11.8 Å². The standard InChI is InChI=1S/C24H21N5O4S/c1-14-4-2-3-5-18(14)29-22-17(12-25-29)23(31)28-16(13-34-24(28)27-22)11-21(30)26-15-6-7-19-20(10-15)33-9-8-32-19/h2-7,10,12,16H,8-9,11,13H2,1H3,(H,26,30). The van der Waals surface area contributed by atoms with Crippen molar-refractivity contribution in [3.8, 4) is 17.2 Å². The Labute approximate surface area is 198 Å². The smallest absolute Gasteiger partial charge is 0.265 e. The van der Waals surface area contributed by atoms with E-state index in [0.717, 1.165) is 11.3 Å². The van der Waals surface area contributed by atoms with Crippen molar-refractivity contribution in [1.29, 1.82) is 0 Å². The summed E-state index contributed by atoms with van der Waals surface area (Å²) in [5.41, 5.74) is 2.89. The van der Waals surface area contributed by atoms with Gasteiger partial charge in [-0.2, -0.15) is 5.10 Å². The van der Waals surface area contributed by atoms with Gasteiger partial charge in [-0.05, 0) is 30.7 Å². The SMILES string of the molecule is Cc1ccccc1-n1ncc2c(=O)n3c(nc21)SCC3CC(=O)Nc1ccc2c(c1)OCCO2. The molecule has 2 aliphatic rings. The van der Waals surface area contributed by atoms with Crippen molar-refractivity contribution < 1.29 is 14.3 Å².